The van der Waals surface area contributed by atoms with Crippen molar-refractivity contribution in [3.63, 3.8) is 0 Å². The van der Waals surface area contributed by atoms with Crippen LogP contribution in [0, 0.1) is 0 Å². The van der Waals surface area contributed by atoms with E-state index in [2.05, 4.69) is 34.6 Å². The zero-order valence-corrected chi connectivity index (χ0v) is 26.4. The molecule has 0 bridgehead atoms. The van der Waals surface area contributed by atoms with Gasteiger partial charge in [0.1, 0.15) is 0 Å². The topological polar surface area (TPSA) is 72.2 Å². The highest BCUT2D eigenvalue weighted by Gasteiger charge is 2.29. The van der Waals surface area contributed by atoms with Crippen LogP contribution in [0.15, 0.2) is 0 Å². The van der Waals surface area contributed by atoms with Gasteiger partial charge in [0, 0.05) is 45.9 Å². The molecule has 0 amide bonds. The maximum Gasteiger partial charge on any atom is 0.157 e. The molecule has 0 radical (unpaired) electrons. The van der Waals surface area contributed by atoms with Gasteiger partial charge < -0.3 is 29.4 Å². The number of rotatable bonds is 29. The van der Waals surface area contributed by atoms with Crippen molar-refractivity contribution in [2.75, 3.05) is 64.2 Å². The summed E-state index contributed by atoms with van der Waals surface area (Å²) in [7, 11) is 1.82. The zero-order valence-electron chi connectivity index (χ0n) is 24.4. The van der Waals surface area contributed by atoms with Gasteiger partial charge in [-0.05, 0) is 82.6 Å². The molecule has 0 heterocycles. The van der Waals surface area contributed by atoms with Crippen molar-refractivity contribution in [1.29, 1.82) is 0 Å². The Morgan fingerprint density at radius 1 is 0.556 bits per heavy atom. The van der Waals surface area contributed by atoms with Crippen LogP contribution >= 0.6 is 17.2 Å². The Kier molecular flexibility index (Phi) is 27.7. The van der Waals surface area contributed by atoms with Gasteiger partial charge in [-0.25, -0.2) is 0 Å². The number of hydrogen-bond acceptors (Lipinski definition) is 6. The van der Waals surface area contributed by atoms with Crippen LogP contribution in [-0.4, -0.2) is 82.4 Å². The first-order valence-electron chi connectivity index (χ1n) is 14.8. The predicted molar refractivity (Wildman–Crippen MR) is 160 cm³/mol. The van der Waals surface area contributed by atoms with Crippen molar-refractivity contribution in [3.05, 3.63) is 0 Å². The average molecular weight is 554 g/mol. The molecular formula is C28H61NO5P2. The van der Waals surface area contributed by atoms with Crippen LogP contribution in [0.5, 0.6) is 0 Å². The van der Waals surface area contributed by atoms with Gasteiger partial charge in [-0.15, -0.1) is 17.2 Å². The molecule has 0 spiro atoms. The van der Waals surface area contributed by atoms with Crippen molar-refractivity contribution in [2.24, 2.45) is 5.73 Å². The molecule has 0 rings (SSSR count). The zero-order chi connectivity index (χ0) is 26.7. The summed E-state index contributed by atoms with van der Waals surface area (Å²) in [5.74, 6) is 0. The monoisotopic (exact) mass is 553 g/mol. The molecule has 0 saturated carbocycles. The van der Waals surface area contributed by atoms with E-state index in [-0.39, 0.29) is 18.2 Å². The third kappa shape index (κ3) is 20.6. The summed E-state index contributed by atoms with van der Waals surface area (Å²) in [5, 5.41) is 0. The molecule has 0 aromatic rings. The quantitative estimate of drug-likeness (QED) is 0.0626. The molecule has 0 fully saturated rings. The minimum absolute atomic E-state index is 0.0461. The maximum absolute atomic E-state index is 6.52. The third-order valence-electron chi connectivity index (χ3n) is 5.87. The Hall–Kier alpha value is 0.620. The lowest BCUT2D eigenvalue weighted by Gasteiger charge is -2.34. The van der Waals surface area contributed by atoms with Crippen LogP contribution in [-0.2, 0) is 23.7 Å². The maximum atomic E-state index is 6.52. The van der Waals surface area contributed by atoms with Crippen LogP contribution in [0.1, 0.15) is 98.8 Å². The van der Waals surface area contributed by atoms with Gasteiger partial charge in [0.25, 0.3) is 0 Å². The SMILES string of the molecule is CCCOC(CCPCCC(CCN)(CCPCCC(OCCC)OCCC)OCCC)OCCC. The van der Waals surface area contributed by atoms with Crippen LogP contribution in [0.25, 0.3) is 0 Å². The Bertz CT molecular complexity index is 402. The fourth-order valence-electron chi connectivity index (χ4n) is 3.92. The van der Waals surface area contributed by atoms with Gasteiger partial charge in [0.15, 0.2) is 12.6 Å². The Labute approximate surface area is 227 Å². The van der Waals surface area contributed by atoms with Crippen molar-refractivity contribution >= 4 is 17.2 Å². The van der Waals surface area contributed by atoms with E-state index < -0.39 is 0 Å². The lowest BCUT2D eigenvalue weighted by atomic mass is 9.93. The first kappa shape index (κ1) is 36.6. The molecule has 0 aliphatic heterocycles. The van der Waals surface area contributed by atoms with Gasteiger partial charge in [0.2, 0.25) is 0 Å². The van der Waals surface area contributed by atoms with E-state index in [1.165, 1.54) is 12.3 Å². The van der Waals surface area contributed by atoms with Crippen LogP contribution in [0.3, 0.4) is 0 Å². The summed E-state index contributed by atoms with van der Waals surface area (Å²) in [6.07, 6.45) is 14.9. The first-order chi connectivity index (χ1) is 17.6. The van der Waals surface area contributed by atoms with Gasteiger partial charge >= 0.3 is 0 Å². The van der Waals surface area contributed by atoms with E-state index in [1.54, 1.807) is 0 Å². The molecular weight excluding hydrogens is 492 g/mol. The first-order valence-corrected chi connectivity index (χ1v) is 17.7. The van der Waals surface area contributed by atoms with E-state index in [0.717, 1.165) is 127 Å². The molecule has 2 unspecified atom stereocenters. The van der Waals surface area contributed by atoms with Gasteiger partial charge in [-0.3, -0.25) is 0 Å². The van der Waals surface area contributed by atoms with Gasteiger partial charge in [-0.1, -0.05) is 34.6 Å². The Balaban J connectivity index is 4.58. The van der Waals surface area contributed by atoms with Crippen molar-refractivity contribution < 1.29 is 23.7 Å². The predicted octanol–water partition coefficient (Wildman–Crippen LogP) is 6.78. The Morgan fingerprint density at radius 3 is 1.28 bits per heavy atom. The van der Waals surface area contributed by atoms with Gasteiger partial charge in [-0.2, -0.15) is 0 Å². The van der Waals surface area contributed by atoms with Crippen LogP contribution in [0.2, 0.25) is 0 Å². The molecule has 8 heteroatoms. The summed E-state index contributed by atoms with van der Waals surface area (Å²) in [4.78, 5) is 0. The molecule has 2 atom stereocenters. The third-order valence-corrected chi connectivity index (χ3v) is 8.36. The van der Waals surface area contributed by atoms with E-state index in [4.69, 9.17) is 29.4 Å². The summed E-state index contributed by atoms with van der Waals surface area (Å²) >= 11 is 0. The molecule has 0 aromatic carbocycles. The minimum atomic E-state index is -0.0710. The Morgan fingerprint density at radius 2 is 0.944 bits per heavy atom. The fraction of sp³-hybridized carbons (Fsp3) is 1.00. The summed E-state index contributed by atoms with van der Waals surface area (Å²) in [5.41, 5.74) is 6.00. The molecule has 6 nitrogen and oxygen atoms in total. The lowest BCUT2D eigenvalue weighted by molar-refractivity contribution is -0.142. The molecule has 2 N–H and O–H groups in total. The summed E-state index contributed by atoms with van der Waals surface area (Å²) in [6, 6.07) is 0. The van der Waals surface area contributed by atoms with Crippen LogP contribution < -0.4 is 5.73 Å². The minimum Gasteiger partial charge on any atom is -0.375 e. The van der Waals surface area contributed by atoms with Crippen LogP contribution in [0.4, 0.5) is 0 Å². The second-order valence-electron chi connectivity index (χ2n) is 9.49. The van der Waals surface area contributed by atoms with E-state index in [9.17, 15) is 0 Å². The summed E-state index contributed by atoms with van der Waals surface area (Å²) < 4.78 is 30.1. The second kappa shape index (κ2) is 27.2. The molecule has 0 aliphatic carbocycles. The molecule has 0 aromatic heterocycles. The van der Waals surface area contributed by atoms with Crippen molar-refractivity contribution in [3.8, 4) is 0 Å². The average Bonchev–Trinajstić information content (AvgIpc) is 2.89. The summed E-state index contributed by atoms with van der Waals surface area (Å²) in [6.45, 7) is 15.4. The lowest BCUT2D eigenvalue weighted by Crippen LogP contribution is -2.37. The van der Waals surface area contributed by atoms with E-state index in [0.29, 0.717) is 6.54 Å². The highest BCUT2D eigenvalue weighted by Crippen LogP contribution is 2.32. The molecule has 0 saturated heterocycles. The normalized spacial score (nSPS) is 14.3. The van der Waals surface area contributed by atoms with E-state index >= 15 is 0 Å². The molecule has 36 heavy (non-hydrogen) atoms. The largest absolute Gasteiger partial charge is 0.375 e. The number of nitrogens with two attached hydrogens (primary N) is 1. The van der Waals surface area contributed by atoms with Crippen molar-refractivity contribution in [1.82, 2.24) is 0 Å². The highest BCUT2D eigenvalue weighted by atomic mass is 31.1. The number of ether oxygens (including phenoxy) is 5. The van der Waals surface area contributed by atoms with E-state index in [1.807, 2.05) is 0 Å². The molecule has 0 aliphatic rings. The standard InChI is InChI=1S/C28H61NO5P2/c1-6-17-30-26(31-18-7-2)11-22-35-24-14-28(13-16-29,34-21-10-5)15-25-36-23-12-27(32-19-8-3)33-20-9-4/h26-27,35-36H,6-25,29H2,1-5H3. The fourth-order valence-corrected chi connectivity index (χ4v) is 6.57. The highest BCUT2D eigenvalue weighted by molar-refractivity contribution is 7.38. The molecule has 218 valence electrons. The van der Waals surface area contributed by atoms with Gasteiger partial charge in [0.05, 0.1) is 5.60 Å². The smallest absolute Gasteiger partial charge is 0.157 e. The second-order valence-corrected chi connectivity index (χ2v) is 12.5. The van der Waals surface area contributed by atoms with Crippen molar-refractivity contribution in [2.45, 2.75) is 117 Å². The number of hydrogen-bond donors (Lipinski definition) is 1.